The van der Waals surface area contributed by atoms with Gasteiger partial charge in [0.1, 0.15) is 6.33 Å². The lowest BCUT2D eigenvalue weighted by Gasteiger charge is -2.31. The molecule has 0 aliphatic carbocycles. The molecule has 1 amide bonds. The molecule has 30 heavy (non-hydrogen) atoms. The number of hydrogen-bond acceptors (Lipinski definition) is 6. The topological polar surface area (TPSA) is 89.7 Å². The minimum Gasteiger partial charge on any atom is -0.339 e. The largest absolute Gasteiger partial charge is 0.339 e. The minimum atomic E-state index is 0.0482. The van der Waals surface area contributed by atoms with Crippen molar-refractivity contribution in [2.24, 2.45) is 7.05 Å². The van der Waals surface area contributed by atoms with Gasteiger partial charge in [-0.05, 0) is 31.0 Å². The van der Waals surface area contributed by atoms with Crippen molar-refractivity contribution < 1.29 is 4.79 Å². The molecule has 0 spiro atoms. The van der Waals surface area contributed by atoms with Crippen LogP contribution in [0, 0.1) is 0 Å². The zero-order valence-corrected chi connectivity index (χ0v) is 16.6. The molecule has 1 aliphatic rings. The molecular weight excluding hydrogens is 378 g/mol. The minimum absolute atomic E-state index is 0.0482. The van der Waals surface area contributed by atoms with Crippen LogP contribution >= 0.6 is 0 Å². The summed E-state index contributed by atoms with van der Waals surface area (Å²) in [4.78, 5) is 32.0. The van der Waals surface area contributed by atoms with Crippen LogP contribution in [0.15, 0.2) is 55.5 Å². The van der Waals surface area contributed by atoms with Crippen molar-refractivity contribution in [1.29, 1.82) is 0 Å². The summed E-state index contributed by atoms with van der Waals surface area (Å²) >= 11 is 0. The SMILES string of the molecule is Cn1cc(C(=O)N2CCC(c3ccc4cc(-c5cncnc5)cnc4n3)CC2)cn1. The second-order valence-corrected chi connectivity index (χ2v) is 7.60. The van der Waals surface area contributed by atoms with E-state index in [1.807, 2.05) is 18.1 Å². The summed E-state index contributed by atoms with van der Waals surface area (Å²) in [5, 5.41) is 5.08. The highest BCUT2D eigenvalue weighted by Crippen LogP contribution is 2.29. The third-order valence-corrected chi connectivity index (χ3v) is 5.61. The molecule has 8 nitrogen and oxygen atoms in total. The van der Waals surface area contributed by atoms with E-state index in [0.29, 0.717) is 11.5 Å². The maximum absolute atomic E-state index is 12.6. The molecule has 5 heterocycles. The Bertz CT molecular complexity index is 1200. The average Bonchev–Trinajstić information content (AvgIpc) is 3.25. The van der Waals surface area contributed by atoms with Gasteiger partial charge >= 0.3 is 0 Å². The van der Waals surface area contributed by atoms with E-state index in [-0.39, 0.29) is 5.91 Å². The Morgan fingerprint density at radius 3 is 2.57 bits per heavy atom. The number of aromatic nitrogens is 6. The molecule has 1 saturated heterocycles. The van der Waals surface area contributed by atoms with Crippen molar-refractivity contribution in [3.05, 3.63) is 66.8 Å². The zero-order chi connectivity index (χ0) is 20.5. The monoisotopic (exact) mass is 399 g/mol. The lowest BCUT2D eigenvalue weighted by Crippen LogP contribution is -2.37. The highest BCUT2D eigenvalue weighted by atomic mass is 16.2. The average molecular weight is 399 g/mol. The van der Waals surface area contributed by atoms with Crippen molar-refractivity contribution in [2.45, 2.75) is 18.8 Å². The fraction of sp³-hybridized carbons (Fsp3) is 0.273. The lowest BCUT2D eigenvalue weighted by atomic mass is 9.92. The summed E-state index contributed by atoms with van der Waals surface area (Å²) in [7, 11) is 1.82. The fourth-order valence-electron chi connectivity index (χ4n) is 3.95. The number of rotatable bonds is 3. The van der Waals surface area contributed by atoms with Gasteiger partial charge in [0, 0.05) is 73.0 Å². The molecule has 1 aliphatic heterocycles. The predicted molar refractivity (Wildman–Crippen MR) is 112 cm³/mol. The Kier molecular flexibility index (Phi) is 4.66. The third-order valence-electron chi connectivity index (χ3n) is 5.61. The number of hydrogen-bond donors (Lipinski definition) is 0. The molecular formula is C22H21N7O. The normalized spacial score (nSPS) is 14.9. The fourth-order valence-corrected chi connectivity index (χ4v) is 3.95. The summed E-state index contributed by atoms with van der Waals surface area (Å²) in [6, 6.07) is 6.22. The molecule has 4 aromatic rings. The van der Waals surface area contributed by atoms with Gasteiger partial charge in [-0.25, -0.2) is 19.9 Å². The number of likely N-dealkylation sites (tertiary alicyclic amines) is 1. The highest BCUT2D eigenvalue weighted by molar-refractivity contribution is 5.93. The Labute approximate surface area is 173 Å². The van der Waals surface area contributed by atoms with Gasteiger partial charge in [-0.2, -0.15) is 5.10 Å². The highest BCUT2D eigenvalue weighted by Gasteiger charge is 2.26. The van der Waals surface area contributed by atoms with Crippen molar-refractivity contribution in [3.63, 3.8) is 0 Å². The Hall–Kier alpha value is -3.68. The van der Waals surface area contributed by atoms with Gasteiger partial charge in [-0.15, -0.1) is 0 Å². The van der Waals surface area contributed by atoms with Crippen molar-refractivity contribution >= 4 is 16.9 Å². The number of amides is 1. The van der Waals surface area contributed by atoms with Crippen molar-refractivity contribution in [1.82, 2.24) is 34.6 Å². The van der Waals surface area contributed by atoms with Crippen LogP contribution in [-0.2, 0) is 7.05 Å². The first-order valence-electron chi connectivity index (χ1n) is 9.97. The first-order chi connectivity index (χ1) is 14.7. The summed E-state index contributed by atoms with van der Waals surface area (Å²) in [6.45, 7) is 1.44. The molecule has 0 saturated carbocycles. The standard InChI is InChI=1S/C22H21N7O/c1-28-13-19(12-26-28)22(30)29-6-4-15(5-7-29)20-3-2-16-8-17(11-25-21(16)27-20)18-9-23-14-24-10-18/h2-3,8-15H,4-7H2,1H3. The van der Waals surface area contributed by atoms with E-state index in [4.69, 9.17) is 4.98 Å². The van der Waals surface area contributed by atoms with E-state index in [9.17, 15) is 4.79 Å². The molecule has 0 N–H and O–H groups in total. The summed E-state index contributed by atoms with van der Waals surface area (Å²) < 4.78 is 1.65. The molecule has 0 unspecified atom stereocenters. The number of fused-ring (bicyclic) bond motifs is 1. The molecule has 1 fully saturated rings. The lowest BCUT2D eigenvalue weighted by molar-refractivity contribution is 0.0712. The first-order valence-corrected chi connectivity index (χ1v) is 9.97. The quantitative estimate of drug-likeness (QED) is 0.526. The number of carbonyl (C=O) groups excluding carboxylic acids is 1. The second-order valence-electron chi connectivity index (χ2n) is 7.60. The molecule has 5 rings (SSSR count). The molecule has 0 radical (unpaired) electrons. The molecule has 8 heteroatoms. The van der Waals surface area contributed by atoms with Gasteiger partial charge in [0.2, 0.25) is 0 Å². The Morgan fingerprint density at radius 2 is 1.83 bits per heavy atom. The maximum Gasteiger partial charge on any atom is 0.257 e. The van der Waals surface area contributed by atoms with Gasteiger partial charge < -0.3 is 4.90 Å². The van der Waals surface area contributed by atoms with Gasteiger partial charge in [0.15, 0.2) is 5.65 Å². The van der Waals surface area contributed by atoms with Gasteiger partial charge in [-0.1, -0.05) is 0 Å². The molecule has 0 aromatic carbocycles. The van der Waals surface area contributed by atoms with Crippen LogP contribution in [0.5, 0.6) is 0 Å². The van der Waals surface area contributed by atoms with Gasteiger partial charge in [0.05, 0.1) is 11.8 Å². The Morgan fingerprint density at radius 1 is 1.03 bits per heavy atom. The Balaban J connectivity index is 1.30. The third kappa shape index (κ3) is 3.52. The number of nitrogens with zero attached hydrogens (tertiary/aromatic N) is 7. The first kappa shape index (κ1) is 18.4. The van der Waals surface area contributed by atoms with Crippen LogP contribution < -0.4 is 0 Å². The van der Waals surface area contributed by atoms with E-state index in [1.165, 1.54) is 6.33 Å². The predicted octanol–water partition coefficient (Wildman–Crippen LogP) is 2.84. The maximum atomic E-state index is 12.6. The van der Waals surface area contributed by atoms with E-state index in [0.717, 1.165) is 53.8 Å². The molecule has 0 bridgehead atoms. The van der Waals surface area contributed by atoms with Crippen LogP contribution in [0.4, 0.5) is 0 Å². The van der Waals surface area contributed by atoms with Crippen LogP contribution in [-0.4, -0.2) is 53.6 Å². The van der Waals surface area contributed by atoms with E-state index in [2.05, 4.69) is 38.2 Å². The second kappa shape index (κ2) is 7.62. The van der Waals surface area contributed by atoms with Crippen LogP contribution in [0.1, 0.15) is 34.8 Å². The van der Waals surface area contributed by atoms with Crippen molar-refractivity contribution in [3.8, 4) is 11.1 Å². The molecule has 150 valence electrons. The van der Waals surface area contributed by atoms with Crippen LogP contribution in [0.25, 0.3) is 22.2 Å². The summed E-state index contributed by atoms with van der Waals surface area (Å²) in [5.74, 6) is 0.378. The van der Waals surface area contributed by atoms with Gasteiger partial charge in [-0.3, -0.25) is 9.48 Å². The zero-order valence-electron chi connectivity index (χ0n) is 16.6. The van der Waals surface area contributed by atoms with Crippen LogP contribution in [0.2, 0.25) is 0 Å². The van der Waals surface area contributed by atoms with E-state index >= 15 is 0 Å². The molecule has 4 aromatic heterocycles. The smallest absolute Gasteiger partial charge is 0.257 e. The number of piperidine rings is 1. The number of aryl methyl sites for hydroxylation is 1. The van der Waals surface area contributed by atoms with Crippen LogP contribution in [0.3, 0.4) is 0 Å². The number of carbonyl (C=O) groups is 1. The van der Waals surface area contributed by atoms with Crippen molar-refractivity contribution in [2.75, 3.05) is 13.1 Å². The van der Waals surface area contributed by atoms with E-state index in [1.54, 1.807) is 29.5 Å². The molecule has 0 atom stereocenters. The van der Waals surface area contributed by atoms with Gasteiger partial charge in [0.25, 0.3) is 5.91 Å². The summed E-state index contributed by atoms with van der Waals surface area (Å²) in [6.07, 6.45) is 12.1. The van der Waals surface area contributed by atoms with E-state index < -0.39 is 0 Å². The summed E-state index contributed by atoms with van der Waals surface area (Å²) in [5.41, 5.74) is 4.33. The number of pyridine rings is 2.